The predicted octanol–water partition coefficient (Wildman–Crippen LogP) is 5.03. The summed E-state index contributed by atoms with van der Waals surface area (Å²) in [4.78, 5) is 18.6. The lowest BCUT2D eigenvalue weighted by atomic mass is 9.93. The van der Waals surface area contributed by atoms with E-state index in [1.54, 1.807) is 45.6 Å². The van der Waals surface area contributed by atoms with Crippen LogP contribution in [-0.2, 0) is 31.3 Å². The van der Waals surface area contributed by atoms with Crippen molar-refractivity contribution in [2.45, 2.75) is 64.4 Å². The molecule has 6 rings (SSSR count). The van der Waals surface area contributed by atoms with Gasteiger partial charge in [0.2, 0.25) is 5.75 Å². The maximum atomic E-state index is 12.8. The monoisotopic (exact) mass is 757 g/mol. The van der Waals surface area contributed by atoms with Crippen molar-refractivity contribution in [2.75, 3.05) is 39.9 Å². The van der Waals surface area contributed by atoms with Gasteiger partial charge in [-0.3, -0.25) is 4.79 Å². The third-order valence-electron chi connectivity index (χ3n) is 9.72. The van der Waals surface area contributed by atoms with Crippen LogP contribution in [0.2, 0.25) is 0 Å². The molecule has 0 spiro atoms. The van der Waals surface area contributed by atoms with E-state index in [4.69, 9.17) is 28.5 Å². The van der Waals surface area contributed by atoms with Crippen molar-refractivity contribution >= 4 is 17.3 Å². The number of carbonyl (C=O) groups is 1. The quantitative estimate of drug-likeness (QED) is 0.0744. The molecule has 0 saturated heterocycles. The Balaban J connectivity index is 0.994. The number of methoxy groups -OCH3 is 3. The Morgan fingerprint density at radius 1 is 0.709 bits per heavy atom. The molecule has 2 atom stereocenters. The molecule has 14 nitrogen and oxygen atoms in total. The van der Waals surface area contributed by atoms with E-state index >= 15 is 0 Å². The highest BCUT2D eigenvalue weighted by Crippen LogP contribution is 2.41. The van der Waals surface area contributed by atoms with Crippen LogP contribution in [0.1, 0.15) is 87.3 Å². The van der Waals surface area contributed by atoms with Gasteiger partial charge in [-0.1, -0.05) is 11.2 Å². The van der Waals surface area contributed by atoms with E-state index < -0.39 is 12.3 Å². The molecule has 2 heterocycles. The zero-order valence-electron chi connectivity index (χ0n) is 31.1. The zero-order valence-corrected chi connectivity index (χ0v) is 31.1. The molecule has 4 aromatic rings. The van der Waals surface area contributed by atoms with Gasteiger partial charge in [-0.15, -0.1) is 0 Å². The molecular formula is C41H47N3O11. The number of hydrogen-bond acceptors (Lipinski definition) is 13. The van der Waals surface area contributed by atoms with Crippen LogP contribution in [0.3, 0.4) is 0 Å². The van der Waals surface area contributed by atoms with Crippen molar-refractivity contribution in [3.05, 3.63) is 105 Å². The molecule has 4 aromatic carbocycles. The number of anilines is 1. The lowest BCUT2D eigenvalue weighted by Crippen LogP contribution is -2.38. The van der Waals surface area contributed by atoms with Gasteiger partial charge in [0.05, 0.1) is 72.2 Å². The zero-order chi connectivity index (χ0) is 38.9. The van der Waals surface area contributed by atoms with E-state index in [0.717, 1.165) is 36.0 Å². The summed E-state index contributed by atoms with van der Waals surface area (Å²) in [6.45, 7) is -0.213. The van der Waals surface area contributed by atoms with E-state index in [-0.39, 0.29) is 32.3 Å². The van der Waals surface area contributed by atoms with Crippen LogP contribution in [0, 0.1) is 0 Å². The Morgan fingerprint density at radius 2 is 1.38 bits per heavy atom. The SMILES string of the molecule is COc1ccc2c(c1)C(=O)NC(c1ccc(OCCCCCOc3c(OC)cc(C4=NOC(c5cc(CO)c(CO)c(CO)c5)C4)cc3OC)c(CO)c1)N2. The molecule has 0 aromatic heterocycles. The van der Waals surface area contributed by atoms with Crippen molar-refractivity contribution in [3.63, 3.8) is 0 Å². The number of amides is 1. The van der Waals surface area contributed by atoms with Crippen LogP contribution in [0.25, 0.3) is 0 Å². The van der Waals surface area contributed by atoms with Crippen molar-refractivity contribution in [2.24, 2.45) is 5.16 Å². The van der Waals surface area contributed by atoms with Crippen LogP contribution < -0.4 is 34.3 Å². The molecule has 55 heavy (non-hydrogen) atoms. The largest absolute Gasteiger partial charge is 0.497 e. The lowest BCUT2D eigenvalue weighted by Gasteiger charge is -2.29. The van der Waals surface area contributed by atoms with Gasteiger partial charge in [-0.05, 0) is 102 Å². The minimum absolute atomic E-state index is 0.217. The molecule has 0 saturated carbocycles. The number of unbranched alkanes of at least 4 members (excludes halogenated alkanes) is 2. The van der Waals surface area contributed by atoms with E-state index in [1.165, 1.54) is 0 Å². The first-order valence-electron chi connectivity index (χ1n) is 18.0. The summed E-state index contributed by atoms with van der Waals surface area (Å²) < 4.78 is 28.8. The molecular weight excluding hydrogens is 710 g/mol. The number of benzene rings is 4. The molecule has 0 aliphatic carbocycles. The fraction of sp³-hybridized carbons (Fsp3) is 0.366. The second kappa shape index (κ2) is 18.2. The lowest BCUT2D eigenvalue weighted by molar-refractivity contribution is 0.0853. The highest BCUT2D eigenvalue weighted by Gasteiger charge is 2.28. The Labute approximate surface area is 319 Å². The normalized spacial score (nSPS) is 16.0. The van der Waals surface area contributed by atoms with Crippen molar-refractivity contribution < 1.29 is 53.7 Å². The first-order valence-corrected chi connectivity index (χ1v) is 18.0. The second-order valence-electron chi connectivity index (χ2n) is 13.1. The van der Waals surface area contributed by atoms with Crippen molar-refractivity contribution in [1.82, 2.24) is 5.32 Å². The molecule has 2 aliphatic rings. The number of carbonyl (C=O) groups excluding carboxylic acids is 1. The summed E-state index contributed by atoms with van der Waals surface area (Å²) in [5.74, 6) is 2.39. The summed E-state index contributed by atoms with van der Waals surface area (Å²) in [7, 11) is 4.66. The van der Waals surface area contributed by atoms with Crippen LogP contribution >= 0.6 is 0 Å². The molecule has 1 amide bonds. The van der Waals surface area contributed by atoms with Crippen LogP contribution in [0.5, 0.6) is 28.7 Å². The van der Waals surface area contributed by atoms with E-state index in [1.807, 2.05) is 36.4 Å². The molecule has 14 heteroatoms. The topological polar surface area (TPSA) is 190 Å². The molecule has 292 valence electrons. The molecule has 0 bridgehead atoms. The molecule has 0 fully saturated rings. The third-order valence-corrected chi connectivity index (χ3v) is 9.72. The Hall–Kier alpha value is -5.54. The summed E-state index contributed by atoms with van der Waals surface area (Å²) >= 11 is 0. The maximum absolute atomic E-state index is 12.8. The number of ether oxygens (including phenoxy) is 5. The number of aliphatic hydroxyl groups is 4. The van der Waals surface area contributed by atoms with E-state index in [9.17, 15) is 25.2 Å². The summed E-state index contributed by atoms with van der Waals surface area (Å²) in [5, 5.41) is 50.1. The third kappa shape index (κ3) is 8.73. The molecule has 0 radical (unpaired) electrons. The fourth-order valence-corrected chi connectivity index (χ4v) is 6.72. The Kier molecular flexibility index (Phi) is 13.0. The first-order chi connectivity index (χ1) is 26.8. The van der Waals surface area contributed by atoms with Gasteiger partial charge in [0.15, 0.2) is 17.6 Å². The van der Waals surface area contributed by atoms with Gasteiger partial charge in [0.25, 0.3) is 5.91 Å². The van der Waals surface area contributed by atoms with E-state index in [0.29, 0.717) is 87.6 Å². The summed E-state index contributed by atoms with van der Waals surface area (Å²) in [6.07, 6.45) is 1.83. The van der Waals surface area contributed by atoms with Crippen molar-refractivity contribution in [3.8, 4) is 28.7 Å². The smallest absolute Gasteiger partial charge is 0.255 e. The van der Waals surface area contributed by atoms with Gasteiger partial charge < -0.3 is 59.6 Å². The number of fused-ring (bicyclic) bond motifs is 1. The molecule has 6 N–H and O–H groups in total. The molecule has 2 aliphatic heterocycles. The van der Waals surface area contributed by atoms with E-state index in [2.05, 4.69) is 15.8 Å². The predicted molar refractivity (Wildman–Crippen MR) is 203 cm³/mol. The van der Waals surface area contributed by atoms with Crippen LogP contribution in [0.15, 0.2) is 65.8 Å². The Bertz CT molecular complexity index is 1970. The number of oxime groups is 1. The maximum Gasteiger partial charge on any atom is 0.255 e. The standard InChI is InChI=1S/C41H47N3O11/c1-50-30-8-9-33-31(18-30)41(49)43-40(42-33)24-7-10-35(29(13-24)22-47)53-11-5-4-6-12-54-39-37(51-2)16-25(17-38(39)52-3)34-19-36(55-44-34)26-14-27(20-45)32(23-48)28(15-26)21-46/h7-10,13-18,36,40,42,45-48H,4-6,11-12,19-23H2,1-3H3,(H,43,49). The van der Waals surface area contributed by atoms with Gasteiger partial charge in [-0.25, -0.2) is 0 Å². The van der Waals surface area contributed by atoms with Crippen LogP contribution in [0.4, 0.5) is 5.69 Å². The number of aliphatic hydroxyl groups excluding tert-OH is 4. The highest BCUT2D eigenvalue weighted by atomic mass is 16.6. The summed E-state index contributed by atoms with van der Waals surface area (Å²) in [6, 6.07) is 18.0. The second-order valence-corrected chi connectivity index (χ2v) is 13.1. The number of rotatable bonds is 18. The van der Waals surface area contributed by atoms with Crippen LogP contribution in [-0.4, -0.2) is 66.6 Å². The minimum atomic E-state index is -0.468. The number of nitrogens with zero attached hydrogens (tertiary/aromatic N) is 1. The summed E-state index contributed by atoms with van der Waals surface area (Å²) in [5.41, 5.74) is 6.30. The number of nitrogens with one attached hydrogen (secondary N) is 2. The highest BCUT2D eigenvalue weighted by molar-refractivity contribution is 6.03. The molecule has 2 unspecified atom stereocenters. The van der Waals surface area contributed by atoms with Crippen molar-refractivity contribution in [1.29, 1.82) is 0 Å². The van der Waals surface area contributed by atoms with Gasteiger partial charge in [-0.2, -0.15) is 0 Å². The minimum Gasteiger partial charge on any atom is -0.497 e. The fourth-order valence-electron chi connectivity index (χ4n) is 6.72. The van der Waals surface area contributed by atoms with Gasteiger partial charge >= 0.3 is 0 Å². The first kappa shape index (κ1) is 39.2. The average Bonchev–Trinajstić information content (AvgIpc) is 3.73. The van der Waals surface area contributed by atoms with Gasteiger partial charge in [0, 0.05) is 23.2 Å². The van der Waals surface area contributed by atoms with Gasteiger partial charge in [0.1, 0.15) is 17.7 Å². The Morgan fingerprint density at radius 3 is 2.02 bits per heavy atom. The number of hydrogen-bond donors (Lipinski definition) is 6. The average molecular weight is 758 g/mol.